The minimum absolute atomic E-state index is 0.0377. The number of hydrogen-bond donors (Lipinski definition) is 1. The number of carboxylic acid groups (broad SMARTS) is 1. The Bertz CT molecular complexity index is 274. The highest BCUT2D eigenvalue weighted by atomic mass is 16.4. The van der Waals surface area contributed by atoms with Gasteiger partial charge in [-0.05, 0) is 12.8 Å². The van der Waals surface area contributed by atoms with Crippen molar-refractivity contribution in [3.05, 3.63) is 0 Å². The Morgan fingerprint density at radius 2 is 1.93 bits per heavy atom. The summed E-state index contributed by atoms with van der Waals surface area (Å²) in [5, 5.41) is 12.5. The van der Waals surface area contributed by atoms with Crippen molar-refractivity contribution < 1.29 is 14.7 Å². The number of hydrogen-bond acceptors (Lipinski definition) is 3. The lowest BCUT2D eigenvalue weighted by molar-refractivity contribution is -0.144. The SMILES string of the molecule is O=C(O)C1CC(=O)N(N2CCCCC2)C1. The molecule has 0 radical (unpaired) electrons. The average Bonchev–Trinajstić information content (AvgIpc) is 2.62. The standard InChI is InChI=1S/C10H16N2O3/c13-9-6-8(10(14)15)7-12(9)11-4-2-1-3-5-11/h8H,1-7H2,(H,14,15). The van der Waals surface area contributed by atoms with E-state index in [0.717, 1.165) is 25.9 Å². The largest absolute Gasteiger partial charge is 0.481 e. The van der Waals surface area contributed by atoms with Crippen molar-refractivity contribution in [1.29, 1.82) is 0 Å². The van der Waals surface area contributed by atoms with E-state index < -0.39 is 11.9 Å². The molecule has 2 saturated heterocycles. The van der Waals surface area contributed by atoms with Crippen LogP contribution in [0.3, 0.4) is 0 Å². The topological polar surface area (TPSA) is 60.9 Å². The molecule has 5 heteroatoms. The third kappa shape index (κ3) is 2.12. The summed E-state index contributed by atoms with van der Waals surface area (Å²) in [5.41, 5.74) is 0. The van der Waals surface area contributed by atoms with Crippen LogP contribution in [-0.4, -0.2) is 46.6 Å². The van der Waals surface area contributed by atoms with Crippen LogP contribution in [0.25, 0.3) is 0 Å². The van der Waals surface area contributed by atoms with Gasteiger partial charge in [0, 0.05) is 19.5 Å². The Kier molecular flexibility index (Phi) is 2.90. The number of amides is 1. The molecule has 2 aliphatic rings. The Balaban J connectivity index is 1.97. The number of carbonyl (C=O) groups excluding carboxylic acids is 1. The second-order valence-corrected chi connectivity index (χ2v) is 4.23. The van der Waals surface area contributed by atoms with E-state index in [1.54, 1.807) is 5.01 Å². The van der Waals surface area contributed by atoms with Crippen molar-refractivity contribution in [2.45, 2.75) is 25.7 Å². The van der Waals surface area contributed by atoms with Gasteiger partial charge >= 0.3 is 5.97 Å². The van der Waals surface area contributed by atoms with Gasteiger partial charge in [-0.25, -0.2) is 5.01 Å². The van der Waals surface area contributed by atoms with Crippen molar-refractivity contribution >= 4 is 11.9 Å². The second kappa shape index (κ2) is 4.18. The lowest BCUT2D eigenvalue weighted by Gasteiger charge is -2.34. The van der Waals surface area contributed by atoms with Crippen LogP contribution < -0.4 is 0 Å². The fourth-order valence-electron chi connectivity index (χ4n) is 2.25. The second-order valence-electron chi connectivity index (χ2n) is 4.23. The van der Waals surface area contributed by atoms with Gasteiger partial charge in [0.1, 0.15) is 0 Å². The quantitative estimate of drug-likeness (QED) is 0.716. The highest BCUT2D eigenvalue weighted by Gasteiger charge is 2.37. The molecule has 0 bridgehead atoms. The smallest absolute Gasteiger partial charge is 0.308 e. The lowest BCUT2D eigenvalue weighted by atomic mass is 10.1. The Hall–Kier alpha value is -1.10. The van der Waals surface area contributed by atoms with E-state index in [0.29, 0.717) is 6.54 Å². The molecule has 1 N–H and O–H groups in total. The molecule has 1 unspecified atom stereocenters. The van der Waals surface area contributed by atoms with Crippen LogP contribution in [0.1, 0.15) is 25.7 Å². The fourth-order valence-corrected chi connectivity index (χ4v) is 2.25. The van der Waals surface area contributed by atoms with Gasteiger partial charge in [0.25, 0.3) is 0 Å². The number of carboxylic acids is 1. The summed E-state index contributed by atoms with van der Waals surface area (Å²) in [6.07, 6.45) is 3.57. The van der Waals surface area contributed by atoms with Crippen molar-refractivity contribution in [2.75, 3.05) is 19.6 Å². The van der Waals surface area contributed by atoms with Crippen LogP contribution in [0.4, 0.5) is 0 Å². The molecule has 2 fully saturated rings. The maximum Gasteiger partial charge on any atom is 0.308 e. The van der Waals surface area contributed by atoms with E-state index in [-0.39, 0.29) is 12.3 Å². The maximum atomic E-state index is 11.6. The van der Waals surface area contributed by atoms with Gasteiger partial charge in [0.15, 0.2) is 0 Å². The Morgan fingerprint density at radius 3 is 2.47 bits per heavy atom. The van der Waals surface area contributed by atoms with Crippen molar-refractivity contribution in [3.8, 4) is 0 Å². The van der Waals surface area contributed by atoms with Crippen LogP contribution in [0.2, 0.25) is 0 Å². The predicted molar refractivity (Wildman–Crippen MR) is 52.9 cm³/mol. The number of nitrogens with zero attached hydrogens (tertiary/aromatic N) is 2. The van der Waals surface area contributed by atoms with Gasteiger partial charge in [-0.1, -0.05) is 6.42 Å². The molecule has 2 heterocycles. The van der Waals surface area contributed by atoms with Crippen LogP contribution in [0, 0.1) is 5.92 Å². The average molecular weight is 212 g/mol. The summed E-state index contributed by atoms with van der Waals surface area (Å²) in [7, 11) is 0. The van der Waals surface area contributed by atoms with E-state index >= 15 is 0 Å². The van der Waals surface area contributed by atoms with E-state index in [2.05, 4.69) is 0 Å². The summed E-state index contributed by atoms with van der Waals surface area (Å²) in [6, 6.07) is 0. The van der Waals surface area contributed by atoms with Crippen LogP contribution in [0.5, 0.6) is 0 Å². The highest BCUT2D eigenvalue weighted by molar-refractivity contribution is 5.85. The van der Waals surface area contributed by atoms with Gasteiger partial charge < -0.3 is 5.11 Å². The molecule has 0 aliphatic carbocycles. The van der Waals surface area contributed by atoms with E-state index in [4.69, 9.17) is 5.11 Å². The molecule has 2 aliphatic heterocycles. The number of carbonyl (C=O) groups is 2. The van der Waals surface area contributed by atoms with Gasteiger partial charge in [0.05, 0.1) is 12.5 Å². The molecule has 0 aromatic rings. The summed E-state index contributed by atoms with van der Waals surface area (Å²) in [4.78, 5) is 22.4. The number of hydrazine groups is 1. The first-order valence-corrected chi connectivity index (χ1v) is 5.46. The molecular formula is C10H16N2O3. The molecule has 84 valence electrons. The number of rotatable bonds is 2. The zero-order valence-electron chi connectivity index (χ0n) is 8.69. The minimum Gasteiger partial charge on any atom is -0.481 e. The van der Waals surface area contributed by atoms with E-state index in [9.17, 15) is 9.59 Å². The molecule has 1 amide bonds. The highest BCUT2D eigenvalue weighted by Crippen LogP contribution is 2.22. The molecular weight excluding hydrogens is 196 g/mol. The van der Waals surface area contributed by atoms with Gasteiger partial charge in [0.2, 0.25) is 5.91 Å². The van der Waals surface area contributed by atoms with Crippen molar-refractivity contribution in [2.24, 2.45) is 5.92 Å². The molecule has 0 saturated carbocycles. The van der Waals surface area contributed by atoms with Crippen molar-refractivity contribution in [1.82, 2.24) is 10.0 Å². The third-order valence-electron chi connectivity index (χ3n) is 3.13. The first kappa shape index (κ1) is 10.4. The molecule has 0 spiro atoms. The molecule has 0 aromatic carbocycles. The summed E-state index contributed by atoms with van der Waals surface area (Å²) >= 11 is 0. The summed E-state index contributed by atoms with van der Waals surface area (Å²) in [5.74, 6) is -1.41. The molecule has 15 heavy (non-hydrogen) atoms. The Labute approximate surface area is 88.6 Å². The van der Waals surface area contributed by atoms with Gasteiger partial charge in [-0.3, -0.25) is 14.6 Å². The number of aliphatic carboxylic acids is 1. The van der Waals surface area contributed by atoms with Gasteiger partial charge in [-0.2, -0.15) is 0 Å². The lowest BCUT2D eigenvalue weighted by Crippen LogP contribution is -2.46. The molecule has 0 aromatic heterocycles. The molecule has 5 nitrogen and oxygen atoms in total. The summed E-state index contributed by atoms with van der Waals surface area (Å²) < 4.78 is 0. The zero-order valence-corrected chi connectivity index (χ0v) is 8.69. The van der Waals surface area contributed by atoms with Crippen LogP contribution in [0.15, 0.2) is 0 Å². The summed E-state index contributed by atoms with van der Waals surface area (Å²) in [6.45, 7) is 2.13. The maximum absolute atomic E-state index is 11.6. The minimum atomic E-state index is -0.858. The predicted octanol–water partition coefficient (Wildman–Crippen LogP) is 0.320. The van der Waals surface area contributed by atoms with E-state index in [1.807, 2.05) is 5.01 Å². The van der Waals surface area contributed by atoms with Crippen LogP contribution in [-0.2, 0) is 9.59 Å². The zero-order chi connectivity index (χ0) is 10.8. The normalized spacial score (nSPS) is 28.4. The van der Waals surface area contributed by atoms with E-state index in [1.165, 1.54) is 6.42 Å². The van der Waals surface area contributed by atoms with Crippen LogP contribution >= 0.6 is 0 Å². The van der Waals surface area contributed by atoms with Crippen molar-refractivity contribution in [3.63, 3.8) is 0 Å². The number of piperidine rings is 1. The fraction of sp³-hybridized carbons (Fsp3) is 0.800. The Morgan fingerprint density at radius 1 is 1.27 bits per heavy atom. The molecule has 1 atom stereocenters. The first-order valence-electron chi connectivity index (χ1n) is 5.46. The third-order valence-corrected chi connectivity index (χ3v) is 3.13. The van der Waals surface area contributed by atoms with Gasteiger partial charge in [-0.15, -0.1) is 0 Å². The monoisotopic (exact) mass is 212 g/mol. The first-order chi connectivity index (χ1) is 7.18. The molecule has 2 rings (SSSR count).